The first-order valence-corrected chi connectivity index (χ1v) is 7.09. The standard InChI is InChI=1S/C18H23NO/c1-4-18(2,3)15-8-10-17(11-9-15)20-13-14-6-5-7-16(19)12-14/h5-12H,4,13,19H2,1-3H3. The SMILES string of the molecule is CCC(C)(C)c1ccc(OCc2cccc(N)c2)cc1. The van der Waals surface area contributed by atoms with Crippen molar-refractivity contribution in [1.82, 2.24) is 0 Å². The molecule has 0 radical (unpaired) electrons. The summed E-state index contributed by atoms with van der Waals surface area (Å²) in [5.74, 6) is 0.892. The second-order valence-corrected chi connectivity index (χ2v) is 5.80. The van der Waals surface area contributed by atoms with Gasteiger partial charge in [0.05, 0.1) is 0 Å². The van der Waals surface area contributed by atoms with Crippen LogP contribution in [-0.4, -0.2) is 0 Å². The maximum absolute atomic E-state index is 5.79. The molecule has 0 aromatic heterocycles. The molecule has 0 aliphatic carbocycles. The maximum atomic E-state index is 5.79. The van der Waals surface area contributed by atoms with Crippen molar-refractivity contribution in [3.05, 3.63) is 59.7 Å². The van der Waals surface area contributed by atoms with E-state index in [9.17, 15) is 0 Å². The van der Waals surface area contributed by atoms with Crippen LogP contribution < -0.4 is 10.5 Å². The molecule has 0 heterocycles. The summed E-state index contributed by atoms with van der Waals surface area (Å²) in [6, 6.07) is 16.2. The van der Waals surface area contributed by atoms with Crippen LogP contribution in [0.4, 0.5) is 5.69 Å². The van der Waals surface area contributed by atoms with Crippen LogP contribution >= 0.6 is 0 Å². The van der Waals surface area contributed by atoms with E-state index in [1.807, 2.05) is 36.4 Å². The van der Waals surface area contributed by atoms with Gasteiger partial charge >= 0.3 is 0 Å². The van der Waals surface area contributed by atoms with Gasteiger partial charge in [0.1, 0.15) is 12.4 Å². The van der Waals surface area contributed by atoms with Crippen LogP contribution in [0.5, 0.6) is 5.75 Å². The lowest BCUT2D eigenvalue weighted by Gasteiger charge is -2.23. The first-order valence-electron chi connectivity index (χ1n) is 7.09. The van der Waals surface area contributed by atoms with Gasteiger partial charge in [0.15, 0.2) is 0 Å². The second kappa shape index (κ2) is 6.00. The van der Waals surface area contributed by atoms with Gasteiger partial charge in [-0.25, -0.2) is 0 Å². The van der Waals surface area contributed by atoms with Gasteiger partial charge in [-0.15, -0.1) is 0 Å². The van der Waals surface area contributed by atoms with Crippen LogP contribution in [0, 0.1) is 0 Å². The van der Waals surface area contributed by atoms with Gasteiger partial charge in [-0.3, -0.25) is 0 Å². The van der Waals surface area contributed by atoms with Crippen LogP contribution in [-0.2, 0) is 12.0 Å². The van der Waals surface area contributed by atoms with Crippen LogP contribution in [0.15, 0.2) is 48.5 Å². The summed E-state index contributed by atoms with van der Waals surface area (Å²) in [5, 5.41) is 0. The summed E-state index contributed by atoms with van der Waals surface area (Å²) >= 11 is 0. The molecule has 0 saturated heterocycles. The predicted octanol–water partition coefficient (Wildman–Crippen LogP) is 4.54. The fourth-order valence-electron chi connectivity index (χ4n) is 2.06. The first kappa shape index (κ1) is 14.4. The third-order valence-electron chi connectivity index (χ3n) is 3.88. The monoisotopic (exact) mass is 269 g/mol. The molecular formula is C18H23NO. The smallest absolute Gasteiger partial charge is 0.119 e. The zero-order valence-corrected chi connectivity index (χ0v) is 12.5. The van der Waals surface area contributed by atoms with Crippen molar-refractivity contribution in [2.24, 2.45) is 0 Å². The Morgan fingerprint density at radius 3 is 2.35 bits per heavy atom. The molecule has 2 heteroatoms. The number of hydrogen-bond acceptors (Lipinski definition) is 2. The molecule has 0 unspecified atom stereocenters. The second-order valence-electron chi connectivity index (χ2n) is 5.80. The van der Waals surface area contributed by atoms with E-state index in [2.05, 4.69) is 32.9 Å². The van der Waals surface area contributed by atoms with Crippen molar-refractivity contribution < 1.29 is 4.74 Å². The minimum absolute atomic E-state index is 0.215. The topological polar surface area (TPSA) is 35.2 Å². The predicted molar refractivity (Wildman–Crippen MR) is 84.9 cm³/mol. The number of anilines is 1. The zero-order valence-electron chi connectivity index (χ0n) is 12.5. The molecule has 0 atom stereocenters. The van der Waals surface area contributed by atoms with E-state index in [1.165, 1.54) is 5.56 Å². The van der Waals surface area contributed by atoms with E-state index in [4.69, 9.17) is 10.5 Å². The van der Waals surface area contributed by atoms with Gasteiger partial charge in [0, 0.05) is 5.69 Å². The molecule has 2 nitrogen and oxygen atoms in total. The number of nitrogens with two attached hydrogens (primary N) is 1. The van der Waals surface area contributed by atoms with Crippen molar-refractivity contribution >= 4 is 5.69 Å². The summed E-state index contributed by atoms with van der Waals surface area (Å²) in [4.78, 5) is 0. The quantitative estimate of drug-likeness (QED) is 0.809. The molecule has 0 aliphatic heterocycles. The molecule has 20 heavy (non-hydrogen) atoms. The fraction of sp³-hybridized carbons (Fsp3) is 0.333. The number of benzene rings is 2. The van der Waals surface area contributed by atoms with Gasteiger partial charge in [-0.2, -0.15) is 0 Å². The molecule has 0 bridgehead atoms. The molecule has 2 aromatic carbocycles. The summed E-state index contributed by atoms with van der Waals surface area (Å²) in [7, 11) is 0. The number of hydrogen-bond donors (Lipinski definition) is 1. The Morgan fingerprint density at radius 1 is 1.05 bits per heavy atom. The van der Waals surface area contributed by atoms with E-state index in [1.54, 1.807) is 0 Å². The van der Waals surface area contributed by atoms with Gasteiger partial charge < -0.3 is 10.5 Å². The van der Waals surface area contributed by atoms with E-state index in [0.717, 1.165) is 23.4 Å². The van der Waals surface area contributed by atoms with E-state index in [0.29, 0.717) is 6.61 Å². The third-order valence-corrected chi connectivity index (χ3v) is 3.88. The van der Waals surface area contributed by atoms with E-state index >= 15 is 0 Å². The molecule has 2 rings (SSSR count). The molecule has 0 saturated carbocycles. The molecule has 0 aliphatic rings. The summed E-state index contributed by atoms with van der Waals surface area (Å²) in [6.07, 6.45) is 1.12. The van der Waals surface area contributed by atoms with Gasteiger partial charge in [0.25, 0.3) is 0 Å². The van der Waals surface area contributed by atoms with Crippen molar-refractivity contribution in [1.29, 1.82) is 0 Å². The zero-order chi connectivity index (χ0) is 14.6. The van der Waals surface area contributed by atoms with Crippen LogP contribution in [0.1, 0.15) is 38.3 Å². The average Bonchev–Trinajstić information content (AvgIpc) is 2.46. The molecule has 0 fully saturated rings. The lowest BCUT2D eigenvalue weighted by Crippen LogP contribution is -2.15. The summed E-state index contributed by atoms with van der Waals surface area (Å²) < 4.78 is 5.79. The molecule has 106 valence electrons. The van der Waals surface area contributed by atoms with E-state index in [-0.39, 0.29) is 5.41 Å². The summed E-state index contributed by atoms with van der Waals surface area (Å²) in [6.45, 7) is 7.27. The van der Waals surface area contributed by atoms with Crippen molar-refractivity contribution in [2.75, 3.05) is 5.73 Å². The minimum atomic E-state index is 0.215. The van der Waals surface area contributed by atoms with Crippen LogP contribution in [0.2, 0.25) is 0 Å². The Kier molecular flexibility index (Phi) is 4.33. The van der Waals surface area contributed by atoms with Crippen molar-refractivity contribution in [3.63, 3.8) is 0 Å². The van der Waals surface area contributed by atoms with Crippen LogP contribution in [0.3, 0.4) is 0 Å². The fourth-order valence-corrected chi connectivity index (χ4v) is 2.06. The highest BCUT2D eigenvalue weighted by molar-refractivity contribution is 5.40. The average molecular weight is 269 g/mol. The highest BCUT2D eigenvalue weighted by Crippen LogP contribution is 2.28. The number of rotatable bonds is 5. The largest absolute Gasteiger partial charge is 0.489 e. The lowest BCUT2D eigenvalue weighted by molar-refractivity contribution is 0.306. The number of nitrogen functional groups attached to an aromatic ring is 1. The van der Waals surface area contributed by atoms with Gasteiger partial charge in [0.2, 0.25) is 0 Å². The number of ether oxygens (including phenoxy) is 1. The Balaban J connectivity index is 2.01. The summed E-state index contributed by atoms with van der Waals surface area (Å²) in [5.41, 5.74) is 9.17. The lowest BCUT2D eigenvalue weighted by atomic mass is 9.82. The highest BCUT2D eigenvalue weighted by atomic mass is 16.5. The van der Waals surface area contributed by atoms with Crippen LogP contribution in [0.25, 0.3) is 0 Å². The van der Waals surface area contributed by atoms with Gasteiger partial charge in [-0.1, -0.05) is 45.0 Å². The normalized spacial score (nSPS) is 11.3. The molecule has 0 spiro atoms. The Hall–Kier alpha value is -1.96. The minimum Gasteiger partial charge on any atom is -0.489 e. The Morgan fingerprint density at radius 2 is 1.75 bits per heavy atom. The highest BCUT2D eigenvalue weighted by Gasteiger charge is 2.17. The van der Waals surface area contributed by atoms with E-state index < -0.39 is 0 Å². The molecule has 0 amide bonds. The third kappa shape index (κ3) is 3.53. The maximum Gasteiger partial charge on any atom is 0.119 e. The Bertz CT molecular complexity index is 558. The van der Waals surface area contributed by atoms with Gasteiger partial charge in [-0.05, 0) is 47.2 Å². The molecular weight excluding hydrogens is 246 g/mol. The van der Waals surface area contributed by atoms with Crippen molar-refractivity contribution in [3.8, 4) is 5.75 Å². The Labute approximate surface area is 121 Å². The first-order chi connectivity index (χ1) is 9.51. The molecule has 2 N–H and O–H groups in total. The van der Waals surface area contributed by atoms with Crippen molar-refractivity contribution in [2.45, 2.75) is 39.2 Å². The molecule has 2 aromatic rings.